The highest BCUT2D eigenvalue weighted by atomic mass is 19.4. The number of ether oxygens (including phenoxy) is 2. The largest absolute Gasteiger partial charge is 0.493 e. The van der Waals surface area contributed by atoms with Crippen molar-refractivity contribution in [2.24, 2.45) is 0 Å². The predicted octanol–water partition coefficient (Wildman–Crippen LogP) is 3.76. The molecule has 0 saturated carbocycles. The van der Waals surface area contributed by atoms with Crippen LogP contribution in [0.5, 0.6) is 11.5 Å². The Hall–Kier alpha value is -4.15. The molecule has 3 heterocycles. The molecular formula is C22H18F3N5O3. The molecule has 0 aliphatic heterocycles. The highest BCUT2D eigenvalue weighted by Crippen LogP contribution is 2.35. The van der Waals surface area contributed by atoms with E-state index in [1.54, 1.807) is 36.5 Å². The van der Waals surface area contributed by atoms with Gasteiger partial charge in [0, 0.05) is 11.8 Å². The van der Waals surface area contributed by atoms with Crippen LogP contribution in [0, 0.1) is 0 Å². The Morgan fingerprint density at radius 3 is 2.55 bits per heavy atom. The number of carbonyl (C=O) groups excluding carboxylic acids is 1. The van der Waals surface area contributed by atoms with Gasteiger partial charge in [-0.05, 0) is 36.4 Å². The minimum Gasteiger partial charge on any atom is -0.493 e. The molecule has 4 rings (SSSR count). The van der Waals surface area contributed by atoms with Gasteiger partial charge in [0.1, 0.15) is 5.56 Å². The first-order chi connectivity index (χ1) is 15.8. The lowest BCUT2D eigenvalue weighted by molar-refractivity contribution is -0.142. The van der Waals surface area contributed by atoms with Crippen molar-refractivity contribution in [3.05, 3.63) is 71.8 Å². The van der Waals surface area contributed by atoms with E-state index in [-0.39, 0.29) is 23.4 Å². The number of nitrogens with one attached hydrogen (secondary N) is 1. The average molecular weight is 457 g/mol. The summed E-state index contributed by atoms with van der Waals surface area (Å²) in [5.74, 6) is 0.116. The van der Waals surface area contributed by atoms with Crippen molar-refractivity contribution in [1.29, 1.82) is 0 Å². The number of alkyl halides is 3. The van der Waals surface area contributed by atoms with Gasteiger partial charge in [0.25, 0.3) is 5.91 Å². The molecule has 1 N–H and O–H groups in total. The molecule has 0 atom stereocenters. The highest BCUT2D eigenvalue weighted by Gasteiger charge is 2.36. The Morgan fingerprint density at radius 2 is 1.88 bits per heavy atom. The summed E-state index contributed by atoms with van der Waals surface area (Å²) in [4.78, 5) is 21.2. The zero-order valence-corrected chi connectivity index (χ0v) is 17.6. The minimum absolute atomic E-state index is 0.00458. The predicted molar refractivity (Wildman–Crippen MR) is 112 cm³/mol. The van der Waals surface area contributed by atoms with E-state index in [9.17, 15) is 18.0 Å². The zero-order chi connectivity index (χ0) is 23.6. The summed E-state index contributed by atoms with van der Waals surface area (Å²) in [5.41, 5.74) is -0.457. The van der Waals surface area contributed by atoms with Crippen LogP contribution in [0.3, 0.4) is 0 Å². The quantitative estimate of drug-likeness (QED) is 0.474. The maximum Gasteiger partial charge on any atom is 0.433 e. The third kappa shape index (κ3) is 4.43. The number of benzene rings is 1. The molecule has 11 heteroatoms. The summed E-state index contributed by atoms with van der Waals surface area (Å²) in [5, 5.41) is 6.40. The van der Waals surface area contributed by atoms with E-state index < -0.39 is 17.8 Å². The first kappa shape index (κ1) is 22.1. The number of hydrogen-bond acceptors (Lipinski definition) is 6. The molecule has 0 radical (unpaired) electrons. The number of rotatable bonds is 6. The van der Waals surface area contributed by atoms with Crippen molar-refractivity contribution in [2.45, 2.75) is 12.7 Å². The molecule has 0 fully saturated rings. The van der Waals surface area contributed by atoms with Gasteiger partial charge in [-0.3, -0.25) is 9.78 Å². The fourth-order valence-corrected chi connectivity index (χ4v) is 3.24. The summed E-state index contributed by atoms with van der Waals surface area (Å²) < 4.78 is 52.5. The SMILES string of the molecule is COc1ccc(-c2cc(C(F)(F)F)n3ncc(C(=O)NCc4ccccn4)c3n2)cc1OC. The second kappa shape index (κ2) is 8.77. The van der Waals surface area contributed by atoms with Gasteiger partial charge in [0.2, 0.25) is 0 Å². The van der Waals surface area contributed by atoms with E-state index >= 15 is 0 Å². The minimum atomic E-state index is -4.74. The normalized spacial score (nSPS) is 11.4. The lowest BCUT2D eigenvalue weighted by atomic mass is 10.1. The van der Waals surface area contributed by atoms with Crippen LogP contribution in [-0.4, -0.2) is 39.7 Å². The van der Waals surface area contributed by atoms with Crippen LogP contribution in [0.2, 0.25) is 0 Å². The lowest BCUT2D eigenvalue weighted by Crippen LogP contribution is -2.23. The number of fused-ring (bicyclic) bond motifs is 1. The number of aromatic nitrogens is 4. The molecule has 8 nitrogen and oxygen atoms in total. The fourth-order valence-electron chi connectivity index (χ4n) is 3.24. The molecule has 33 heavy (non-hydrogen) atoms. The van der Waals surface area contributed by atoms with Crippen molar-refractivity contribution in [3.63, 3.8) is 0 Å². The third-order valence-electron chi connectivity index (χ3n) is 4.84. The van der Waals surface area contributed by atoms with Gasteiger partial charge in [-0.2, -0.15) is 18.3 Å². The van der Waals surface area contributed by atoms with Gasteiger partial charge >= 0.3 is 6.18 Å². The zero-order valence-electron chi connectivity index (χ0n) is 17.6. The number of pyridine rings is 1. The van der Waals surface area contributed by atoms with Gasteiger partial charge in [-0.25, -0.2) is 9.50 Å². The molecule has 0 aliphatic carbocycles. The first-order valence-electron chi connectivity index (χ1n) is 9.68. The summed E-state index contributed by atoms with van der Waals surface area (Å²) in [6.45, 7) is 0.0957. The Balaban J connectivity index is 1.79. The van der Waals surface area contributed by atoms with Crippen LogP contribution in [0.4, 0.5) is 13.2 Å². The third-order valence-corrected chi connectivity index (χ3v) is 4.84. The van der Waals surface area contributed by atoms with Crippen molar-refractivity contribution < 1.29 is 27.4 Å². The van der Waals surface area contributed by atoms with Crippen LogP contribution in [0.15, 0.2) is 54.9 Å². The molecule has 0 bridgehead atoms. The molecule has 0 unspecified atom stereocenters. The lowest BCUT2D eigenvalue weighted by Gasteiger charge is -2.13. The number of methoxy groups -OCH3 is 2. The molecular weight excluding hydrogens is 439 g/mol. The van der Waals surface area contributed by atoms with Crippen molar-refractivity contribution in [3.8, 4) is 22.8 Å². The maximum absolute atomic E-state index is 13.8. The van der Waals surface area contributed by atoms with Gasteiger partial charge in [0.05, 0.1) is 38.3 Å². The monoisotopic (exact) mass is 457 g/mol. The molecule has 0 aliphatic rings. The van der Waals surface area contributed by atoms with Gasteiger partial charge in [-0.1, -0.05) is 6.07 Å². The molecule has 1 aromatic carbocycles. The summed E-state index contributed by atoms with van der Waals surface area (Å²) in [7, 11) is 2.87. The topological polar surface area (TPSA) is 90.6 Å². The van der Waals surface area contributed by atoms with Crippen LogP contribution in [0.25, 0.3) is 16.9 Å². The van der Waals surface area contributed by atoms with Gasteiger partial charge in [-0.15, -0.1) is 0 Å². The van der Waals surface area contributed by atoms with Crippen molar-refractivity contribution in [1.82, 2.24) is 24.9 Å². The fraction of sp³-hybridized carbons (Fsp3) is 0.182. The number of carbonyl (C=O) groups is 1. The van der Waals surface area contributed by atoms with E-state index in [0.29, 0.717) is 27.3 Å². The van der Waals surface area contributed by atoms with Crippen LogP contribution >= 0.6 is 0 Å². The van der Waals surface area contributed by atoms with E-state index in [2.05, 4.69) is 20.4 Å². The molecule has 0 saturated heterocycles. The smallest absolute Gasteiger partial charge is 0.433 e. The molecule has 170 valence electrons. The Bertz CT molecular complexity index is 1310. The van der Waals surface area contributed by atoms with Crippen molar-refractivity contribution in [2.75, 3.05) is 14.2 Å². The summed E-state index contributed by atoms with van der Waals surface area (Å²) >= 11 is 0. The van der Waals surface area contributed by atoms with E-state index in [1.807, 2.05) is 0 Å². The Kier molecular flexibility index (Phi) is 5.86. The number of halogens is 3. The van der Waals surface area contributed by atoms with E-state index in [0.717, 1.165) is 12.3 Å². The van der Waals surface area contributed by atoms with Crippen LogP contribution in [0.1, 0.15) is 21.7 Å². The Morgan fingerprint density at radius 1 is 1.09 bits per heavy atom. The number of nitrogens with zero attached hydrogens (tertiary/aromatic N) is 4. The number of amides is 1. The molecule has 4 aromatic rings. The first-order valence-corrected chi connectivity index (χ1v) is 9.68. The molecule has 0 spiro atoms. The standard InChI is InChI=1S/C22H18F3N5O3/c1-32-17-7-6-13(9-18(17)33-2)16-10-19(22(23,24)25)30-20(29-16)15(12-28-30)21(31)27-11-14-5-3-4-8-26-14/h3-10,12H,11H2,1-2H3,(H,27,31). The second-order valence-electron chi connectivity index (χ2n) is 6.89. The average Bonchev–Trinajstić information content (AvgIpc) is 3.25. The van der Waals surface area contributed by atoms with Crippen molar-refractivity contribution >= 4 is 11.6 Å². The van der Waals surface area contributed by atoms with Gasteiger partial charge < -0.3 is 14.8 Å². The Labute approximate surface area is 186 Å². The number of hydrogen-bond donors (Lipinski definition) is 1. The maximum atomic E-state index is 13.8. The van der Waals surface area contributed by atoms with Crippen LogP contribution < -0.4 is 14.8 Å². The second-order valence-corrected chi connectivity index (χ2v) is 6.89. The molecule has 1 amide bonds. The highest BCUT2D eigenvalue weighted by molar-refractivity contribution is 5.99. The summed E-state index contributed by atoms with van der Waals surface area (Å²) in [6.07, 6.45) is -2.10. The van der Waals surface area contributed by atoms with E-state index in [4.69, 9.17) is 9.47 Å². The van der Waals surface area contributed by atoms with Crippen LogP contribution in [-0.2, 0) is 12.7 Å². The summed E-state index contributed by atoms with van der Waals surface area (Å²) in [6, 6.07) is 10.7. The van der Waals surface area contributed by atoms with Gasteiger partial charge in [0.15, 0.2) is 22.8 Å². The van der Waals surface area contributed by atoms with E-state index in [1.165, 1.54) is 20.3 Å². The molecule has 3 aromatic heterocycles.